The molecule has 0 aromatic carbocycles. The van der Waals surface area contributed by atoms with E-state index in [0.29, 0.717) is 6.42 Å². The van der Waals surface area contributed by atoms with Gasteiger partial charge < -0.3 is 9.84 Å². The Kier molecular flexibility index (Phi) is 7.71. The van der Waals surface area contributed by atoms with Gasteiger partial charge in [-0.2, -0.15) is 0 Å². The van der Waals surface area contributed by atoms with Crippen molar-refractivity contribution in [2.75, 3.05) is 7.11 Å². The smallest absolute Gasteiger partial charge is 0.0647 e. The van der Waals surface area contributed by atoms with Crippen LogP contribution < -0.4 is 0 Å². The number of aliphatic hydroxyl groups excluding tert-OH is 1. The second-order valence-corrected chi connectivity index (χ2v) is 4.75. The Labute approximate surface area is 94.3 Å². The molecule has 90 valence electrons. The largest absolute Gasteiger partial charge is 0.393 e. The van der Waals surface area contributed by atoms with Crippen LogP contribution in [0.5, 0.6) is 0 Å². The summed E-state index contributed by atoms with van der Waals surface area (Å²) in [5, 5.41) is 9.77. The van der Waals surface area contributed by atoms with E-state index < -0.39 is 0 Å². The Bertz CT molecular complexity index is 164. The molecule has 0 aromatic heterocycles. The molecule has 0 fully saturated rings. The highest BCUT2D eigenvalue weighted by Gasteiger charge is 2.20. The number of ether oxygens (including phenoxy) is 1. The molecular weight excluding hydrogens is 188 g/mol. The summed E-state index contributed by atoms with van der Waals surface area (Å²) in [7, 11) is 1.69. The summed E-state index contributed by atoms with van der Waals surface area (Å²) in [6, 6.07) is 0. The Balaban J connectivity index is 3.48. The molecule has 0 aliphatic heterocycles. The van der Waals surface area contributed by atoms with E-state index in [1.165, 1.54) is 12.8 Å². The maximum atomic E-state index is 9.77. The van der Waals surface area contributed by atoms with Crippen LogP contribution in [-0.4, -0.2) is 23.9 Å². The van der Waals surface area contributed by atoms with Gasteiger partial charge in [-0.15, -0.1) is 6.58 Å². The lowest BCUT2D eigenvalue weighted by Crippen LogP contribution is -2.28. The van der Waals surface area contributed by atoms with E-state index in [1.54, 1.807) is 7.11 Å². The summed E-state index contributed by atoms with van der Waals surface area (Å²) in [4.78, 5) is 0. The Morgan fingerprint density at radius 2 is 2.00 bits per heavy atom. The molecule has 1 atom stereocenters. The standard InChI is InChI=1S/C13H26O2/c1-5-6-7-8-9-10-12(14)11-13(2,3)15-4/h5,12,14H,1,6-11H2,2-4H3. The molecule has 0 aliphatic rings. The summed E-state index contributed by atoms with van der Waals surface area (Å²) in [6.45, 7) is 7.70. The third kappa shape index (κ3) is 8.64. The van der Waals surface area contributed by atoms with Gasteiger partial charge in [-0.3, -0.25) is 0 Å². The summed E-state index contributed by atoms with van der Waals surface area (Å²) >= 11 is 0. The third-order valence-corrected chi connectivity index (χ3v) is 2.73. The van der Waals surface area contributed by atoms with E-state index in [-0.39, 0.29) is 11.7 Å². The van der Waals surface area contributed by atoms with Gasteiger partial charge in [0.05, 0.1) is 11.7 Å². The SMILES string of the molecule is C=CCCCCCC(O)CC(C)(C)OC. The van der Waals surface area contributed by atoms with Crippen LogP contribution in [0.4, 0.5) is 0 Å². The lowest BCUT2D eigenvalue weighted by Gasteiger charge is -2.25. The average Bonchev–Trinajstić information content (AvgIpc) is 2.17. The highest BCUT2D eigenvalue weighted by molar-refractivity contribution is 4.73. The van der Waals surface area contributed by atoms with Crippen LogP contribution in [0.15, 0.2) is 12.7 Å². The first-order valence-electron chi connectivity index (χ1n) is 5.86. The van der Waals surface area contributed by atoms with E-state index in [2.05, 4.69) is 6.58 Å². The molecule has 0 radical (unpaired) electrons. The molecule has 0 spiro atoms. The topological polar surface area (TPSA) is 29.5 Å². The molecule has 0 aliphatic carbocycles. The van der Waals surface area contributed by atoms with Crippen molar-refractivity contribution in [2.45, 2.75) is 64.1 Å². The Morgan fingerprint density at radius 1 is 1.33 bits per heavy atom. The number of allylic oxidation sites excluding steroid dienone is 1. The van der Waals surface area contributed by atoms with Crippen molar-refractivity contribution in [3.63, 3.8) is 0 Å². The van der Waals surface area contributed by atoms with Gasteiger partial charge in [0.25, 0.3) is 0 Å². The van der Waals surface area contributed by atoms with Gasteiger partial charge in [-0.05, 0) is 33.1 Å². The second-order valence-electron chi connectivity index (χ2n) is 4.75. The van der Waals surface area contributed by atoms with E-state index in [1.807, 2.05) is 19.9 Å². The second kappa shape index (κ2) is 7.89. The molecule has 2 nitrogen and oxygen atoms in total. The lowest BCUT2D eigenvalue weighted by atomic mass is 9.97. The van der Waals surface area contributed by atoms with Crippen LogP contribution in [0.1, 0.15) is 52.4 Å². The van der Waals surface area contributed by atoms with E-state index in [4.69, 9.17) is 4.74 Å². The Hall–Kier alpha value is -0.340. The van der Waals surface area contributed by atoms with Gasteiger partial charge >= 0.3 is 0 Å². The number of unbranched alkanes of at least 4 members (excludes halogenated alkanes) is 3. The van der Waals surface area contributed by atoms with Crippen LogP contribution in [0.2, 0.25) is 0 Å². The minimum atomic E-state index is -0.233. The van der Waals surface area contributed by atoms with E-state index >= 15 is 0 Å². The molecule has 0 saturated carbocycles. The minimum absolute atomic E-state index is 0.208. The first kappa shape index (κ1) is 14.7. The van der Waals surface area contributed by atoms with Gasteiger partial charge in [0.1, 0.15) is 0 Å². The molecule has 0 amide bonds. The fourth-order valence-corrected chi connectivity index (χ4v) is 1.60. The highest BCUT2D eigenvalue weighted by Crippen LogP contribution is 2.18. The van der Waals surface area contributed by atoms with Crippen molar-refractivity contribution in [3.8, 4) is 0 Å². The Morgan fingerprint density at radius 3 is 2.53 bits per heavy atom. The van der Waals surface area contributed by atoms with Crippen molar-refractivity contribution < 1.29 is 9.84 Å². The van der Waals surface area contributed by atoms with Crippen molar-refractivity contribution >= 4 is 0 Å². The van der Waals surface area contributed by atoms with Crippen molar-refractivity contribution in [3.05, 3.63) is 12.7 Å². The summed E-state index contributed by atoms with van der Waals surface area (Å²) < 4.78 is 5.28. The molecular formula is C13H26O2. The maximum Gasteiger partial charge on any atom is 0.0647 e. The third-order valence-electron chi connectivity index (χ3n) is 2.73. The molecule has 0 heterocycles. The quantitative estimate of drug-likeness (QED) is 0.471. The zero-order valence-electron chi connectivity index (χ0n) is 10.5. The maximum absolute atomic E-state index is 9.77. The normalized spacial score (nSPS) is 13.9. The van der Waals surface area contributed by atoms with Crippen LogP contribution in [-0.2, 0) is 4.74 Å². The molecule has 0 saturated heterocycles. The van der Waals surface area contributed by atoms with Crippen LogP contribution in [0.25, 0.3) is 0 Å². The monoisotopic (exact) mass is 214 g/mol. The van der Waals surface area contributed by atoms with Crippen molar-refractivity contribution in [2.24, 2.45) is 0 Å². The molecule has 2 heteroatoms. The van der Waals surface area contributed by atoms with Crippen LogP contribution >= 0.6 is 0 Å². The first-order chi connectivity index (χ1) is 7.02. The van der Waals surface area contributed by atoms with Crippen molar-refractivity contribution in [1.29, 1.82) is 0 Å². The van der Waals surface area contributed by atoms with Gasteiger partial charge in [0, 0.05) is 13.5 Å². The van der Waals surface area contributed by atoms with Crippen LogP contribution in [0, 0.1) is 0 Å². The molecule has 0 bridgehead atoms. The molecule has 1 N–H and O–H groups in total. The number of aliphatic hydroxyl groups is 1. The van der Waals surface area contributed by atoms with Crippen LogP contribution in [0.3, 0.4) is 0 Å². The number of hydrogen-bond donors (Lipinski definition) is 1. The van der Waals surface area contributed by atoms with Gasteiger partial charge in [0.2, 0.25) is 0 Å². The summed E-state index contributed by atoms with van der Waals surface area (Å²) in [6.07, 6.45) is 7.84. The molecule has 0 aromatic rings. The zero-order valence-corrected chi connectivity index (χ0v) is 10.5. The molecule has 1 unspecified atom stereocenters. The predicted octanol–water partition coefficient (Wildman–Crippen LogP) is 3.30. The predicted molar refractivity (Wildman–Crippen MR) is 65.0 cm³/mol. The first-order valence-corrected chi connectivity index (χ1v) is 5.86. The summed E-state index contributed by atoms with van der Waals surface area (Å²) in [5.41, 5.74) is -0.208. The number of methoxy groups -OCH3 is 1. The zero-order chi connectivity index (χ0) is 11.7. The number of hydrogen-bond acceptors (Lipinski definition) is 2. The van der Waals surface area contributed by atoms with Gasteiger partial charge in [-0.1, -0.05) is 18.9 Å². The van der Waals surface area contributed by atoms with E-state index in [0.717, 1.165) is 19.3 Å². The summed E-state index contributed by atoms with van der Waals surface area (Å²) in [5.74, 6) is 0. The lowest BCUT2D eigenvalue weighted by molar-refractivity contribution is -0.0215. The average molecular weight is 214 g/mol. The fraction of sp³-hybridized carbons (Fsp3) is 0.846. The van der Waals surface area contributed by atoms with E-state index in [9.17, 15) is 5.11 Å². The van der Waals surface area contributed by atoms with Gasteiger partial charge in [-0.25, -0.2) is 0 Å². The molecule has 0 rings (SSSR count). The fourth-order valence-electron chi connectivity index (χ4n) is 1.60. The minimum Gasteiger partial charge on any atom is -0.393 e. The van der Waals surface area contributed by atoms with Gasteiger partial charge in [0.15, 0.2) is 0 Å². The molecule has 15 heavy (non-hydrogen) atoms. The van der Waals surface area contributed by atoms with Crippen molar-refractivity contribution in [1.82, 2.24) is 0 Å². The number of rotatable bonds is 9. The highest BCUT2D eigenvalue weighted by atomic mass is 16.5.